The fourth-order valence-electron chi connectivity index (χ4n) is 1.56. The molecule has 0 aliphatic rings. The van der Waals surface area contributed by atoms with Crippen molar-refractivity contribution in [1.82, 2.24) is 9.97 Å². The number of aromatic nitrogens is 2. The molecule has 0 saturated heterocycles. The van der Waals surface area contributed by atoms with Crippen molar-refractivity contribution in [3.8, 4) is 0 Å². The summed E-state index contributed by atoms with van der Waals surface area (Å²) >= 11 is 0. The molecule has 2 rings (SSSR count). The van der Waals surface area contributed by atoms with E-state index in [0.29, 0.717) is 6.54 Å². The zero-order valence-electron chi connectivity index (χ0n) is 9.84. The van der Waals surface area contributed by atoms with E-state index in [4.69, 9.17) is 5.73 Å². The minimum atomic E-state index is -0.323. The lowest BCUT2D eigenvalue weighted by molar-refractivity contribution is -0.117. The summed E-state index contributed by atoms with van der Waals surface area (Å²) in [4.78, 5) is 18.7. The normalized spacial score (nSPS) is 10.0. The summed E-state index contributed by atoms with van der Waals surface area (Å²) in [7, 11) is 0. The quantitative estimate of drug-likeness (QED) is 0.823. The second-order valence-corrected chi connectivity index (χ2v) is 3.89. The maximum absolute atomic E-state index is 10.8. The fourth-order valence-corrected chi connectivity index (χ4v) is 1.56. The van der Waals surface area contributed by atoms with Gasteiger partial charge in [-0.2, -0.15) is 0 Å². The Bertz CT molecular complexity index is 510. The number of nitrogens with one attached hydrogen (secondary N) is 1. The van der Waals surface area contributed by atoms with Gasteiger partial charge in [0.25, 0.3) is 0 Å². The van der Waals surface area contributed by atoms with Crippen molar-refractivity contribution in [2.75, 3.05) is 5.32 Å². The predicted molar refractivity (Wildman–Crippen MR) is 68.7 cm³/mol. The number of anilines is 1. The van der Waals surface area contributed by atoms with Gasteiger partial charge in [-0.25, -0.2) is 9.97 Å². The molecule has 3 N–H and O–H groups in total. The van der Waals surface area contributed by atoms with Gasteiger partial charge in [-0.15, -0.1) is 0 Å². The monoisotopic (exact) mass is 242 g/mol. The number of nitrogens with zero attached hydrogens (tertiary/aromatic N) is 2. The van der Waals surface area contributed by atoms with Gasteiger partial charge in [-0.05, 0) is 23.8 Å². The van der Waals surface area contributed by atoms with Crippen molar-refractivity contribution in [2.24, 2.45) is 5.73 Å². The van der Waals surface area contributed by atoms with E-state index < -0.39 is 0 Å². The van der Waals surface area contributed by atoms with Gasteiger partial charge in [0, 0.05) is 11.9 Å². The highest BCUT2D eigenvalue weighted by Gasteiger charge is 1.99. The third-order valence-corrected chi connectivity index (χ3v) is 2.45. The average Bonchev–Trinajstić information content (AvgIpc) is 2.38. The van der Waals surface area contributed by atoms with E-state index in [0.717, 1.165) is 16.9 Å². The topological polar surface area (TPSA) is 80.9 Å². The molecular formula is C13H14N4O. The van der Waals surface area contributed by atoms with Crippen molar-refractivity contribution in [3.05, 3.63) is 54.1 Å². The summed E-state index contributed by atoms with van der Waals surface area (Å²) in [6.45, 7) is 0.637. The van der Waals surface area contributed by atoms with Crippen molar-refractivity contribution >= 4 is 11.6 Å². The zero-order valence-corrected chi connectivity index (χ0v) is 9.84. The van der Waals surface area contributed by atoms with Crippen LogP contribution in [0.25, 0.3) is 0 Å². The van der Waals surface area contributed by atoms with Crippen molar-refractivity contribution in [2.45, 2.75) is 13.0 Å². The first kappa shape index (κ1) is 12.0. The van der Waals surface area contributed by atoms with Crippen LogP contribution in [-0.4, -0.2) is 15.9 Å². The Kier molecular flexibility index (Phi) is 3.86. The van der Waals surface area contributed by atoms with Gasteiger partial charge < -0.3 is 11.1 Å². The number of amides is 1. The van der Waals surface area contributed by atoms with Gasteiger partial charge in [0.1, 0.15) is 6.33 Å². The Morgan fingerprint density at radius 3 is 2.61 bits per heavy atom. The molecule has 0 atom stereocenters. The molecule has 0 spiro atoms. The maximum atomic E-state index is 10.8. The molecule has 18 heavy (non-hydrogen) atoms. The summed E-state index contributed by atoms with van der Waals surface area (Å²) in [5.41, 5.74) is 7.94. The third kappa shape index (κ3) is 3.55. The Morgan fingerprint density at radius 2 is 2.00 bits per heavy atom. The summed E-state index contributed by atoms with van der Waals surface area (Å²) in [5.74, 6) is -0.323. The Hall–Kier alpha value is -2.43. The molecule has 0 fully saturated rings. The van der Waals surface area contributed by atoms with Gasteiger partial charge in [0.15, 0.2) is 0 Å². The summed E-state index contributed by atoms with van der Waals surface area (Å²) in [5, 5.41) is 3.24. The van der Waals surface area contributed by atoms with Crippen LogP contribution >= 0.6 is 0 Å². The van der Waals surface area contributed by atoms with E-state index in [1.165, 1.54) is 6.33 Å². The molecule has 0 unspecified atom stereocenters. The second-order valence-electron chi connectivity index (χ2n) is 3.89. The Labute approximate surface area is 105 Å². The number of benzene rings is 1. The van der Waals surface area contributed by atoms with Gasteiger partial charge in [-0.3, -0.25) is 4.79 Å². The highest BCUT2D eigenvalue weighted by molar-refractivity contribution is 5.76. The zero-order chi connectivity index (χ0) is 12.8. The molecule has 5 nitrogen and oxygen atoms in total. The first-order chi connectivity index (χ1) is 8.74. The number of rotatable bonds is 5. The predicted octanol–water partition coefficient (Wildman–Crippen LogP) is 1.12. The maximum Gasteiger partial charge on any atom is 0.221 e. The lowest BCUT2D eigenvalue weighted by Gasteiger charge is -2.06. The lowest BCUT2D eigenvalue weighted by Crippen LogP contribution is -2.13. The van der Waals surface area contributed by atoms with E-state index in [9.17, 15) is 4.79 Å². The number of hydrogen-bond donors (Lipinski definition) is 2. The molecule has 0 aliphatic heterocycles. The van der Waals surface area contributed by atoms with Crippen LogP contribution in [0, 0.1) is 0 Å². The molecule has 92 valence electrons. The Balaban J connectivity index is 1.92. The first-order valence-corrected chi connectivity index (χ1v) is 5.60. The van der Waals surface area contributed by atoms with E-state index in [1.54, 1.807) is 6.20 Å². The molecule has 5 heteroatoms. The van der Waals surface area contributed by atoms with Crippen LogP contribution in [0.5, 0.6) is 0 Å². The molecule has 1 amide bonds. The molecule has 0 bridgehead atoms. The van der Waals surface area contributed by atoms with E-state index >= 15 is 0 Å². The van der Waals surface area contributed by atoms with Crippen LogP contribution in [-0.2, 0) is 17.8 Å². The number of primary amides is 1. The fraction of sp³-hybridized carbons (Fsp3) is 0.154. The molecule has 0 aliphatic carbocycles. The minimum Gasteiger partial charge on any atom is -0.379 e. The molecule has 0 saturated carbocycles. The van der Waals surface area contributed by atoms with Gasteiger partial charge in [0.05, 0.1) is 18.7 Å². The first-order valence-electron chi connectivity index (χ1n) is 5.60. The van der Waals surface area contributed by atoms with Gasteiger partial charge in [0.2, 0.25) is 5.91 Å². The average molecular weight is 242 g/mol. The van der Waals surface area contributed by atoms with Crippen molar-refractivity contribution in [1.29, 1.82) is 0 Å². The molecular weight excluding hydrogens is 228 g/mol. The SMILES string of the molecule is NC(=O)Cc1ccc(NCc2ccncn2)cc1. The van der Waals surface area contributed by atoms with Crippen molar-refractivity contribution < 1.29 is 4.79 Å². The number of carbonyl (C=O) groups is 1. The Morgan fingerprint density at radius 1 is 1.22 bits per heavy atom. The van der Waals surface area contributed by atoms with Crippen LogP contribution < -0.4 is 11.1 Å². The number of nitrogens with two attached hydrogens (primary N) is 1. The number of hydrogen-bond acceptors (Lipinski definition) is 4. The van der Waals surface area contributed by atoms with Crippen LogP contribution in [0.15, 0.2) is 42.9 Å². The smallest absolute Gasteiger partial charge is 0.221 e. The van der Waals surface area contributed by atoms with Gasteiger partial charge >= 0.3 is 0 Å². The lowest BCUT2D eigenvalue weighted by atomic mass is 10.1. The molecule has 1 aromatic carbocycles. The summed E-state index contributed by atoms with van der Waals surface area (Å²) < 4.78 is 0. The van der Waals surface area contributed by atoms with E-state index in [-0.39, 0.29) is 12.3 Å². The molecule has 1 aromatic heterocycles. The highest BCUT2D eigenvalue weighted by Crippen LogP contribution is 2.10. The van der Waals surface area contributed by atoms with Crippen LogP contribution in [0.3, 0.4) is 0 Å². The largest absolute Gasteiger partial charge is 0.379 e. The van der Waals surface area contributed by atoms with E-state index in [2.05, 4.69) is 15.3 Å². The van der Waals surface area contributed by atoms with Crippen LogP contribution in [0.2, 0.25) is 0 Å². The number of carbonyl (C=O) groups excluding carboxylic acids is 1. The molecule has 2 aromatic rings. The molecule has 1 heterocycles. The van der Waals surface area contributed by atoms with E-state index in [1.807, 2.05) is 30.3 Å². The second kappa shape index (κ2) is 5.77. The summed E-state index contributed by atoms with van der Waals surface area (Å²) in [6, 6.07) is 9.45. The van der Waals surface area contributed by atoms with Crippen LogP contribution in [0.1, 0.15) is 11.3 Å². The highest BCUT2D eigenvalue weighted by atomic mass is 16.1. The van der Waals surface area contributed by atoms with Crippen LogP contribution in [0.4, 0.5) is 5.69 Å². The summed E-state index contributed by atoms with van der Waals surface area (Å²) in [6.07, 6.45) is 3.50. The van der Waals surface area contributed by atoms with Gasteiger partial charge in [-0.1, -0.05) is 12.1 Å². The third-order valence-electron chi connectivity index (χ3n) is 2.45. The molecule has 0 radical (unpaired) electrons. The minimum absolute atomic E-state index is 0.270. The standard InChI is InChI=1S/C13H14N4O/c14-13(18)7-10-1-3-11(4-2-10)16-8-12-5-6-15-9-17-12/h1-6,9,16H,7-8H2,(H2,14,18). The van der Waals surface area contributed by atoms with Crippen molar-refractivity contribution in [3.63, 3.8) is 0 Å².